The molecule has 2 heterocycles. The molecule has 0 aromatic carbocycles. The Morgan fingerprint density at radius 3 is 2.88 bits per heavy atom. The van der Waals surface area contributed by atoms with Crippen LogP contribution in [0.4, 0.5) is 0 Å². The molecule has 0 unspecified atom stereocenters. The number of carbonyl (C=O) groups is 1. The lowest BCUT2D eigenvalue weighted by molar-refractivity contribution is 0.0931. The van der Waals surface area contributed by atoms with Crippen molar-refractivity contribution in [1.29, 1.82) is 0 Å². The summed E-state index contributed by atoms with van der Waals surface area (Å²) in [7, 11) is 1.79. The van der Waals surface area contributed by atoms with Gasteiger partial charge in [-0.15, -0.1) is 11.3 Å². The molecule has 0 spiro atoms. The molecule has 0 bridgehead atoms. The van der Waals surface area contributed by atoms with E-state index in [2.05, 4.69) is 15.3 Å². The maximum Gasteiger partial charge on any atom is 0.270 e. The number of amides is 1. The normalized spacial score (nSPS) is 12.4. The number of aryl methyl sites for hydroxylation is 2. The van der Waals surface area contributed by atoms with Gasteiger partial charge in [-0.05, 0) is 13.8 Å². The highest BCUT2D eigenvalue weighted by Gasteiger charge is 2.15. The van der Waals surface area contributed by atoms with E-state index in [1.54, 1.807) is 35.5 Å². The van der Waals surface area contributed by atoms with Crippen molar-refractivity contribution >= 4 is 17.2 Å². The SMILES string of the molecule is Cc1csc([C@@H](C)NC(=O)c2cncn2C)n1. The van der Waals surface area contributed by atoms with Crippen molar-refractivity contribution < 1.29 is 4.79 Å². The second-order valence-corrected chi connectivity index (χ2v) is 4.80. The zero-order valence-electron chi connectivity index (χ0n) is 9.97. The van der Waals surface area contributed by atoms with E-state index >= 15 is 0 Å². The summed E-state index contributed by atoms with van der Waals surface area (Å²) in [4.78, 5) is 20.2. The molecular weight excluding hydrogens is 236 g/mol. The molecule has 0 aliphatic rings. The van der Waals surface area contributed by atoms with Crippen LogP contribution in [0.15, 0.2) is 17.9 Å². The van der Waals surface area contributed by atoms with Crippen LogP contribution in [0.1, 0.15) is 34.2 Å². The van der Waals surface area contributed by atoms with Crippen LogP contribution in [0, 0.1) is 6.92 Å². The topological polar surface area (TPSA) is 59.8 Å². The number of nitrogens with zero attached hydrogens (tertiary/aromatic N) is 3. The van der Waals surface area contributed by atoms with Crippen LogP contribution in [0.2, 0.25) is 0 Å². The summed E-state index contributed by atoms with van der Waals surface area (Å²) in [6, 6.07) is -0.0869. The predicted octanol–water partition coefficient (Wildman–Crippen LogP) is 1.68. The maximum absolute atomic E-state index is 11.9. The third-order valence-electron chi connectivity index (χ3n) is 2.40. The molecule has 17 heavy (non-hydrogen) atoms. The summed E-state index contributed by atoms with van der Waals surface area (Å²) < 4.78 is 1.69. The highest BCUT2D eigenvalue weighted by Crippen LogP contribution is 2.17. The number of rotatable bonds is 3. The van der Waals surface area contributed by atoms with E-state index in [1.807, 2.05) is 19.2 Å². The van der Waals surface area contributed by atoms with Crippen LogP contribution in [0.3, 0.4) is 0 Å². The summed E-state index contributed by atoms with van der Waals surface area (Å²) >= 11 is 1.55. The minimum absolute atomic E-state index is 0.0869. The Kier molecular flexibility index (Phi) is 3.23. The number of hydrogen-bond donors (Lipinski definition) is 1. The average molecular weight is 250 g/mol. The van der Waals surface area contributed by atoms with E-state index < -0.39 is 0 Å². The fourth-order valence-corrected chi connectivity index (χ4v) is 2.28. The van der Waals surface area contributed by atoms with Gasteiger partial charge in [0.05, 0.1) is 18.6 Å². The number of aromatic nitrogens is 3. The van der Waals surface area contributed by atoms with Gasteiger partial charge in [-0.1, -0.05) is 0 Å². The molecule has 2 aromatic rings. The fourth-order valence-electron chi connectivity index (χ4n) is 1.48. The lowest BCUT2D eigenvalue weighted by Gasteiger charge is -2.11. The Bertz CT molecular complexity index is 531. The highest BCUT2D eigenvalue weighted by atomic mass is 32.1. The quantitative estimate of drug-likeness (QED) is 0.901. The van der Waals surface area contributed by atoms with Crippen LogP contribution >= 0.6 is 11.3 Å². The molecular formula is C11H14N4OS. The van der Waals surface area contributed by atoms with Gasteiger partial charge in [-0.3, -0.25) is 4.79 Å². The van der Waals surface area contributed by atoms with E-state index in [9.17, 15) is 4.79 Å². The molecule has 2 aromatic heterocycles. The molecule has 0 aliphatic carbocycles. The largest absolute Gasteiger partial charge is 0.342 e. The van der Waals surface area contributed by atoms with Crippen molar-refractivity contribution in [1.82, 2.24) is 19.9 Å². The van der Waals surface area contributed by atoms with Gasteiger partial charge < -0.3 is 9.88 Å². The highest BCUT2D eigenvalue weighted by molar-refractivity contribution is 7.09. The Hall–Kier alpha value is -1.69. The molecule has 90 valence electrons. The maximum atomic E-state index is 11.9. The molecule has 5 nitrogen and oxygen atoms in total. The van der Waals surface area contributed by atoms with Gasteiger partial charge in [0.1, 0.15) is 10.7 Å². The molecule has 6 heteroatoms. The Morgan fingerprint density at radius 1 is 1.59 bits per heavy atom. The molecule has 1 amide bonds. The summed E-state index contributed by atoms with van der Waals surface area (Å²) in [6.45, 7) is 3.86. The molecule has 0 aliphatic heterocycles. The molecule has 0 saturated heterocycles. The first-order valence-corrected chi connectivity index (χ1v) is 6.15. The van der Waals surface area contributed by atoms with Crippen LogP contribution in [0.5, 0.6) is 0 Å². The van der Waals surface area contributed by atoms with Crippen molar-refractivity contribution in [2.24, 2.45) is 7.05 Å². The summed E-state index contributed by atoms with van der Waals surface area (Å²) in [5.74, 6) is -0.134. The minimum Gasteiger partial charge on any atom is -0.342 e. The van der Waals surface area contributed by atoms with Gasteiger partial charge in [-0.25, -0.2) is 9.97 Å². The monoisotopic (exact) mass is 250 g/mol. The summed E-state index contributed by atoms with van der Waals surface area (Å²) in [5, 5.41) is 5.79. The first kappa shape index (κ1) is 11.8. The summed E-state index contributed by atoms with van der Waals surface area (Å²) in [5.41, 5.74) is 1.52. The van der Waals surface area contributed by atoms with Gasteiger partial charge in [0.15, 0.2) is 0 Å². The van der Waals surface area contributed by atoms with Crippen LogP contribution in [-0.2, 0) is 7.05 Å². The van der Waals surface area contributed by atoms with Crippen LogP contribution in [0.25, 0.3) is 0 Å². The van der Waals surface area contributed by atoms with E-state index in [0.29, 0.717) is 5.69 Å². The minimum atomic E-state index is -0.134. The van der Waals surface area contributed by atoms with Crippen LogP contribution < -0.4 is 5.32 Å². The number of hydrogen-bond acceptors (Lipinski definition) is 4. The first-order chi connectivity index (χ1) is 8.08. The van der Waals surface area contributed by atoms with Gasteiger partial charge in [0.25, 0.3) is 5.91 Å². The van der Waals surface area contributed by atoms with Crippen molar-refractivity contribution in [2.45, 2.75) is 19.9 Å². The van der Waals surface area contributed by atoms with E-state index in [1.165, 1.54) is 0 Å². The van der Waals surface area contributed by atoms with Gasteiger partial charge in [0.2, 0.25) is 0 Å². The zero-order chi connectivity index (χ0) is 12.4. The molecule has 0 saturated carbocycles. The van der Waals surface area contributed by atoms with Crippen molar-refractivity contribution in [3.8, 4) is 0 Å². The van der Waals surface area contributed by atoms with E-state index in [-0.39, 0.29) is 11.9 Å². The lowest BCUT2D eigenvalue weighted by Crippen LogP contribution is -2.28. The average Bonchev–Trinajstić information content (AvgIpc) is 2.86. The van der Waals surface area contributed by atoms with E-state index in [0.717, 1.165) is 10.7 Å². The van der Waals surface area contributed by atoms with Crippen LogP contribution in [-0.4, -0.2) is 20.4 Å². The first-order valence-electron chi connectivity index (χ1n) is 5.27. The number of thiazole rings is 1. The lowest BCUT2D eigenvalue weighted by atomic mass is 10.3. The molecule has 1 atom stereocenters. The Balaban J connectivity index is 2.07. The van der Waals surface area contributed by atoms with Crippen molar-refractivity contribution in [3.05, 3.63) is 34.3 Å². The van der Waals surface area contributed by atoms with Crippen molar-refractivity contribution in [2.75, 3.05) is 0 Å². The van der Waals surface area contributed by atoms with E-state index in [4.69, 9.17) is 0 Å². The van der Waals surface area contributed by atoms with Gasteiger partial charge in [0, 0.05) is 18.1 Å². The zero-order valence-corrected chi connectivity index (χ0v) is 10.8. The predicted molar refractivity (Wildman–Crippen MR) is 65.9 cm³/mol. The second kappa shape index (κ2) is 4.67. The Morgan fingerprint density at radius 2 is 2.35 bits per heavy atom. The van der Waals surface area contributed by atoms with Crippen molar-refractivity contribution in [3.63, 3.8) is 0 Å². The Labute approximate surface area is 104 Å². The second-order valence-electron chi connectivity index (χ2n) is 3.91. The molecule has 0 fully saturated rings. The molecule has 0 radical (unpaired) electrons. The summed E-state index contributed by atoms with van der Waals surface area (Å²) in [6.07, 6.45) is 3.16. The number of imidazole rings is 1. The smallest absolute Gasteiger partial charge is 0.270 e. The van der Waals surface area contributed by atoms with Gasteiger partial charge >= 0.3 is 0 Å². The fraction of sp³-hybridized carbons (Fsp3) is 0.364. The standard InChI is InChI=1S/C11H14N4OS/c1-7-5-17-11(13-7)8(2)14-10(16)9-4-12-6-15(9)3/h4-6,8H,1-3H3,(H,14,16)/t8-/m1/s1. The third kappa shape index (κ3) is 2.52. The molecule has 1 N–H and O–H groups in total. The molecule has 2 rings (SSSR count). The number of nitrogens with one attached hydrogen (secondary N) is 1. The number of carbonyl (C=O) groups excluding carboxylic acids is 1. The van der Waals surface area contributed by atoms with Gasteiger partial charge in [-0.2, -0.15) is 0 Å². The third-order valence-corrected chi connectivity index (χ3v) is 3.55.